The monoisotopic (exact) mass is 677 g/mol. The molecule has 0 unspecified atom stereocenters. The molecule has 0 saturated heterocycles. The molecule has 8 nitrogen and oxygen atoms in total. The van der Waals surface area contributed by atoms with E-state index in [1.807, 2.05) is 30.3 Å². The maximum Gasteiger partial charge on any atom is 0.264 e. The molecule has 2 N–H and O–H groups in total. The van der Waals surface area contributed by atoms with E-state index in [0.717, 1.165) is 92.4 Å². The summed E-state index contributed by atoms with van der Waals surface area (Å²) in [4.78, 5) is 15.7. The van der Waals surface area contributed by atoms with Gasteiger partial charge in [-0.2, -0.15) is 0 Å². The lowest BCUT2D eigenvalue weighted by atomic mass is 9.67. The molecule has 2 aliphatic heterocycles. The number of methoxy groups -OCH3 is 1. The van der Waals surface area contributed by atoms with E-state index in [9.17, 15) is 13.2 Å². The lowest BCUT2D eigenvalue weighted by Crippen LogP contribution is -2.50. The van der Waals surface area contributed by atoms with Crippen LogP contribution in [0, 0.1) is 11.8 Å². The summed E-state index contributed by atoms with van der Waals surface area (Å²) < 4.78 is 40.2. The number of nitrogens with one attached hydrogen (secondary N) is 2. The Balaban J connectivity index is 1.25. The summed E-state index contributed by atoms with van der Waals surface area (Å²) in [6.45, 7) is 2.11. The third-order valence-corrected chi connectivity index (χ3v) is 12.4. The molecule has 47 heavy (non-hydrogen) atoms. The number of aryl methyl sites for hydroxylation is 1. The number of rotatable bonds is 3. The van der Waals surface area contributed by atoms with Crippen LogP contribution in [0.15, 0.2) is 60.7 Å². The molecule has 1 spiro atoms. The summed E-state index contributed by atoms with van der Waals surface area (Å²) in [7, 11) is -2.09. The van der Waals surface area contributed by atoms with Crippen molar-refractivity contribution in [3.05, 3.63) is 82.4 Å². The van der Waals surface area contributed by atoms with E-state index >= 15 is 0 Å². The van der Waals surface area contributed by atoms with Crippen molar-refractivity contribution in [2.24, 2.45) is 11.8 Å². The van der Waals surface area contributed by atoms with E-state index < -0.39 is 15.9 Å². The highest BCUT2D eigenvalue weighted by atomic mass is 35.5. The van der Waals surface area contributed by atoms with Gasteiger partial charge in [-0.3, -0.25) is 4.79 Å². The predicted molar refractivity (Wildman–Crippen MR) is 187 cm³/mol. The second kappa shape index (κ2) is 13.2. The summed E-state index contributed by atoms with van der Waals surface area (Å²) in [6.07, 6.45) is 8.45. The van der Waals surface area contributed by atoms with Gasteiger partial charge in [0.2, 0.25) is 10.0 Å². The van der Waals surface area contributed by atoms with Crippen molar-refractivity contribution in [3.63, 3.8) is 0 Å². The molecule has 3 aromatic rings. The number of benzene rings is 3. The highest BCUT2D eigenvalue weighted by Gasteiger charge is 2.44. The summed E-state index contributed by atoms with van der Waals surface area (Å²) in [5.74, 6) is 1.79. The van der Waals surface area contributed by atoms with Gasteiger partial charge in [0, 0.05) is 40.8 Å². The number of carbonyl (C=O) groups is 1. The number of nitrogens with zero attached hydrogens (tertiary/aromatic N) is 1. The van der Waals surface area contributed by atoms with Gasteiger partial charge in [-0.15, -0.1) is 0 Å². The molecule has 2 bridgehead atoms. The van der Waals surface area contributed by atoms with Crippen molar-refractivity contribution >= 4 is 38.9 Å². The molecular weight excluding hydrogens is 634 g/mol. The second-order valence-electron chi connectivity index (χ2n) is 13.9. The largest absolute Gasteiger partial charge is 0.497 e. The predicted octanol–water partition coefficient (Wildman–Crippen LogP) is 6.96. The Hall–Kier alpha value is -3.43. The number of carbonyl (C=O) groups excluding carboxylic acids is 1. The van der Waals surface area contributed by atoms with Crippen molar-refractivity contribution in [2.75, 3.05) is 42.8 Å². The van der Waals surface area contributed by atoms with Crippen LogP contribution in [-0.2, 0) is 21.9 Å². The van der Waals surface area contributed by atoms with E-state index in [4.69, 9.17) is 21.1 Å². The fourth-order valence-electron chi connectivity index (χ4n) is 8.27. The first-order chi connectivity index (χ1) is 22.7. The molecule has 3 aromatic carbocycles. The molecule has 0 radical (unpaired) electrons. The molecule has 1 fully saturated rings. The Kier molecular flexibility index (Phi) is 9.04. The molecule has 2 heterocycles. The third kappa shape index (κ3) is 6.79. The smallest absolute Gasteiger partial charge is 0.264 e. The van der Waals surface area contributed by atoms with Crippen LogP contribution < -0.4 is 24.4 Å². The van der Waals surface area contributed by atoms with Crippen molar-refractivity contribution in [2.45, 2.75) is 69.2 Å². The Bertz CT molecular complexity index is 1730. The van der Waals surface area contributed by atoms with Crippen LogP contribution in [0.5, 0.6) is 11.5 Å². The molecule has 0 aromatic heterocycles. The first kappa shape index (κ1) is 32.1. The van der Waals surface area contributed by atoms with Crippen LogP contribution in [-0.4, -0.2) is 52.9 Å². The number of ether oxygens (including phenoxy) is 2. The second-order valence-corrected chi connectivity index (χ2v) is 16.1. The van der Waals surface area contributed by atoms with Crippen LogP contribution >= 0.6 is 11.6 Å². The lowest BCUT2D eigenvalue weighted by molar-refractivity contribution is 0.0981. The van der Waals surface area contributed by atoms with Gasteiger partial charge in [0.1, 0.15) is 11.5 Å². The number of halogens is 1. The molecule has 7 rings (SSSR count). The Morgan fingerprint density at radius 2 is 1.85 bits per heavy atom. The summed E-state index contributed by atoms with van der Waals surface area (Å²) in [5.41, 5.74) is 4.58. The van der Waals surface area contributed by atoms with Crippen molar-refractivity contribution in [3.8, 4) is 11.5 Å². The third-order valence-electron chi connectivity index (χ3n) is 10.9. The number of fused-ring (bicyclic) bond motifs is 4. The van der Waals surface area contributed by atoms with Gasteiger partial charge in [-0.25, -0.2) is 13.1 Å². The molecule has 250 valence electrons. The van der Waals surface area contributed by atoms with Crippen LogP contribution in [0.3, 0.4) is 0 Å². The van der Waals surface area contributed by atoms with Gasteiger partial charge >= 0.3 is 0 Å². The molecular formula is C37H44ClN3O5S. The minimum atomic E-state index is -3.77. The maximum atomic E-state index is 13.3. The zero-order chi connectivity index (χ0) is 32.6. The first-order valence-corrected chi connectivity index (χ1v) is 19.0. The molecule has 1 amide bonds. The molecule has 10 heteroatoms. The van der Waals surface area contributed by atoms with Gasteiger partial charge in [0.05, 0.1) is 25.2 Å². The van der Waals surface area contributed by atoms with E-state index in [-0.39, 0.29) is 17.2 Å². The van der Waals surface area contributed by atoms with Crippen LogP contribution in [0.25, 0.3) is 0 Å². The fourth-order valence-corrected chi connectivity index (χ4v) is 9.55. The number of hydrogen-bond donors (Lipinski definition) is 2. The zero-order valence-corrected chi connectivity index (χ0v) is 28.5. The van der Waals surface area contributed by atoms with Crippen LogP contribution in [0.4, 0.5) is 11.4 Å². The number of amides is 1. The minimum absolute atomic E-state index is 0.0759. The topological polar surface area (TPSA) is 97.0 Å². The van der Waals surface area contributed by atoms with Gasteiger partial charge in [-0.05, 0) is 123 Å². The van der Waals surface area contributed by atoms with Gasteiger partial charge in [0.15, 0.2) is 0 Å². The average molecular weight is 678 g/mol. The van der Waals surface area contributed by atoms with Gasteiger partial charge in [-0.1, -0.05) is 30.5 Å². The highest BCUT2D eigenvalue weighted by Crippen LogP contribution is 2.47. The Morgan fingerprint density at radius 3 is 2.64 bits per heavy atom. The normalized spacial score (nSPS) is 27.2. The summed E-state index contributed by atoms with van der Waals surface area (Å²) >= 11 is 6.45. The van der Waals surface area contributed by atoms with Gasteiger partial charge in [0.25, 0.3) is 5.91 Å². The number of anilines is 2. The Morgan fingerprint density at radius 1 is 1.00 bits per heavy atom. The maximum absolute atomic E-state index is 13.3. The van der Waals surface area contributed by atoms with Crippen LogP contribution in [0.1, 0.15) is 72.9 Å². The SMILES string of the molecule is COc1ccc(N[C@@H]2CCCCCS(=O)(=O)NC(=O)c3ccc4c(c3)N(C[C@@H]3CC[C@H]32)C[C@@]2(CCCc3cc(Cl)ccc32)CO4)cc1. The zero-order valence-electron chi connectivity index (χ0n) is 27.0. The van der Waals surface area contributed by atoms with E-state index in [1.54, 1.807) is 13.2 Å². The average Bonchev–Trinajstić information content (AvgIpc) is 3.19. The number of hydrogen-bond acceptors (Lipinski definition) is 7. The number of sulfonamides is 1. The molecule has 2 aliphatic carbocycles. The highest BCUT2D eigenvalue weighted by molar-refractivity contribution is 7.90. The molecule has 1 saturated carbocycles. The van der Waals surface area contributed by atoms with Crippen LogP contribution in [0.2, 0.25) is 5.02 Å². The quantitative estimate of drug-likeness (QED) is 0.309. The molecule has 4 atom stereocenters. The lowest BCUT2D eigenvalue weighted by Gasteiger charge is -2.47. The van der Waals surface area contributed by atoms with Crippen molar-refractivity contribution < 1.29 is 22.7 Å². The minimum Gasteiger partial charge on any atom is -0.497 e. The van der Waals surface area contributed by atoms with Crippen molar-refractivity contribution in [1.29, 1.82) is 0 Å². The fraction of sp³-hybridized carbons (Fsp3) is 0.486. The van der Waals surface area contributed by atoms with E-state index in [0.29, 0.717) is 30.4 Å². The van der Waals surface area contributed by atoms with E-state index in [2.05, 4.69) is 39.2 Å². The summed E-state index contributed by atoms with van der Waals surface area (Å²) in [6, 6.07) is 20.0. The van der Waals surface area contributed by atoms with E-state index in [1.165, 1.54) is 11.1 Å². The first-order valence-electron chi connectivity index (χ1n) is 17.0. The molecule has 4 aliphatic rings. The van der Waals surface area contributed by atoms with Crippen molar-refractivity contribution in [1.82, 2.24) is 4.72 Å². The standard InChI is InChI=1S/C37H44ClN3O5S/c1-45-30-13-11-29(12-14-30)39-33-7-3-2-4-19-47(43,44)40-36(42)26-9-17-35-34(21-26)41(22-27-8-15-31(27)33)23-37(24-46-35)18-5-6-25-20-28(38)10-16-32(25)37/h9-14,16-17,20-21,27,31,33,39H,2-8,15,18-19,22-24H2,1H3,(H,40,42)/t27-,31+,33+,37-/m0/s1. The summed E-state index contributed by atoms with van der Waals surface area (Å²) in [5, 5.41) is 4.60. The Labute approximate surface area is 283 Å². The van der Waals surface area contributed by atoms with Gasteiger partial charge < -0.3 is 19.7 Å².